The van der Waals surface area contributed by atoms with Gasteiger partial charge in [0.05, 0.1) is 10.5 Å². The van der Waals surface area contributed by atoms with E-state index < -0.39 is 45.3 Å². The molecule has 0 saturated heterocycles. The van der Waals surface area contributed by atoms with Crippen LogP contribution in [-0.2, 0) is 27.4 Å². The lowest BCUT2D eigenvalue weighted by molar-refractivity contribution is -0.138. The van der Waals surface area contributed by atoms with Crippen LogP contribution in [0.25, 0.3) is 0 Å². The maximum Gasteiger partial charge on any atom is 0.416 e. The van der Waals surface area contributed by atoms with Gasteiger partial charge in [-0.2, -0.15) is 13.2 Å². The zero-order valence-electron chi connectivity index (χ0n) is 15.6. The maximum atomic E-state index is 13.3. The van der Waals surface area contributed by atoms with Crippen LogP contribution in [0, 0.1) is 17.2 Å². The third-order valence-electron chi connectivity index (χ3n) is 5.48. The third-order valence-corrected chi connectivity index (χ3v) is 6.41. The number of primary sulfonamides is 1. The minimum absolute atomic E-state index is 0.0660. The third kappa shape index (κ3) is 4.20. The summed E-state index contributed by atoms with van der Waals surface area (Å²) >= 11 is 0. The summed E-state index contributed by atoms with van der Waals surface area (Å²) in [6.45, 7) is 3.65. The summed E-state index contributed by atoms with van der Waals surface area (Å²) in [5.74, 6) is -2.20. The molecule has 2 N–H and O–H groups in total. The van der Waals surface area contributed by atoms with Crippen molar-refractivity contribution in [1.29, 1.82) is 0 Å². The molecule has 1 aliphatic rings. The molecule has 2 aromatic carbocycles. The van der Waals surface area contributed by atoms with Crippen molar-refractivity contribution >= 4 is 15.8 Å². The highest BCUT2D eigenvalue weighted by Crippen LogP contribution is 2.65. The summed E-state index contributed by atoms with van der Waals surface area (Å²) in [7, 11) is -3.85. The first-order valence-electron chi connectivity index (χ1n) is 8.74. The highest BCUT2D eigenvalue weighted by Gasteiger charge is 2.61. The lowest BCUT2D eigenvalue weighted by Gasteiger charge is -2.13. The Labute approximate surface area is 165 Å². The SMILES string of the molecule is CC1(C)[C@@H](C(=O)Cc2ccc(F)cc2C(F)(F)F)[C@@H]1c1ccc(S(N)(=O)=O)cc1. The molecule has 0 bridgehead atoms. The van der Waals surface area contributed by atoms with Crippen molar-refractivity contribution in [2.24, 2.45) is 16.5 Å². The van der Waals surface area contributed by atoms with Gasteiger partial charge in [0.2, 0.25) is 10.0 Å². The topological polar surface area (TPSA) is 77.2 Å². The number of hydrogen-bond acceptors (Lipinski definition) is 3. The van der Waals surface area contributed by atoms with Crippen LogP contribution in [-0.4, -0.2) is 14.2 Å². The summed E-state index contributed by atoms with van der Waals surface area (Å²) in [6.07, 6.45) is -5.23. The number of hydrogen-bond donors (Lipinski definition) is 1. The van der Waals surface area contributed by atoms with Gasteiger partial charge in [0.25, 0.3) is 0 Å². The van der Waals surface area contributed by atoms with Crippen LogP contribution >= 0.6 is 0 Å². The van der Waals surface area contributed by atoms with E-state index in [1.807, 2.05) is 13.8 Å². The van der Waals surface area contributed by atoms with E-state index in [2.05, 4.69) is 0 Å². The van der Waals surface area contributed by atoms with Gasteiger partial charge in [0.15, 0.2) is 0 Å². The number of carbonyl (C=O) groups is 1. The Hall–Kier alpha value is -2.26. The summed E-state index contributed by atoms with van der Waals surface area (Å²) < 4.78 is 75.6. The van der Waals surface area contributed by atoms with E-state index in [-0.39, 0.29) is 22.2 Å². The Morgan fingerprint density at radius 3 is 2.21 bits per heavy atom. The quantitative estimate of drug-likeness (QED) is 0.729. The van der Waals surface area contributed by atoms with Crippen molar-refractivity contribution < 1.29 is 30.8 Å². The molecule has 0 radical (unpaired) electrons. The van der Waals surface area contributed by atoms with Gasteiger partial charge < -0.3 is 0 Å². The van der Waals surface area contributed by atoms with Crippen LogP contribution in [0.15, 0.2) is 47.4 Å². The lowest BCUT2D eigenvalue weighted by atomic mass is 9.97. The molecule has 0 aromatic heterocycles. The number of Topliss-reactive ketones (excluding diaryl/α,β-unsaturated/α-hetero) is 1. The fourth-order valence-electron chi connectivity index (χ4n) is 3.99. The summed E-state index contributed by atoms with van der Waals surface area (Å²) in [4.78, 5) is 12.7. The molecule has 1 saturated carbocycles. The first-order valence-corrected chi connectivity index (χ1v) is 10.3. The number of rotatable bonds is 5. The second-order valence-corrected chi connectivity index (χ2v) is 9.39. The molecule has 9 heteroatoms. The molecule has 0 aliphatic heterocycles. The number of ketones is 1. The molecular formula is C20H19F4NO3S. The highest BCUT2D eigenvalue weighted by atomic mass is 32.2. The molecular weight excluding hydrogens is 410 g/mol. The van der Waals surface area contributed by atoms with Crippen molar-refractivity contribution in [3.8, 4) is 0 Å². The average molecular weight is 429 g/mol. The number of alkyl halides is 3. The minimum Gasteiger partial charge on any atom is -0.299 e. The Morgan fingerprint density at radius 1 is 1.10 bits per heavy atom. The Morgan fingerprint density at radius 2 is 1.69 bits per heavy atom. The molecule has 0 heterocycles. The maximum absolute atomic E-state index is 13.3. The van der Waals surface area contributed by atoms with Gasteiger partial charge in [-0.05, 0) is 46.7 Å². The van der Waals surface area contributed by atoms with Crippen LogP contribution in [0.3, 0.4) is 0 Å². The second-order valence-electron chi connectivity index (χ2n) is 7.83. The Kier molecular flexibility index (Phi) is 5.11. The summed E-state index contributed by atoms with van der Waals surface area (Å²) in [5.41, 5.74) is -1.22. The van der Waals surface area contributed by atoms with Crippen LogP contribution in [0.2, 0.25) is 0 Å². The van der Waals surface area contributed by atoms with E-state index >= 15 is 0 Å². The van der Waals surface area contributed by atoms with Gasteiger partial charge in [0, 0.05) is 12.3 Å². The standard InChI is InChI=1S/C20H19F4NO3S/c1-19(2)17(11-4-7-14(8-5-11)29(25,27)28)18(19)16(26)9-12-3-6-13(21)10-15(12)20(22,23)24/h3-8,10,17-18H,9H2,1-2H3,(H2,25,27,28)/t17-,18-/m0/s1. The largest absolute Gasteiger partial charge is 0.416 e. The van der Waals surface area contributed by atoms with Crippen molar-refractivity contribution in [1.82, 2.24) is 0 Å². The van der Waals surface area contributed by atoms with Gasteiger partial charge >= 0.3 is 6.18 Å². The molecule has 156 valence electrons. The van der Waals surface area contributed by atoms with E-state index in [1.54, 1.807) is 12.1 Å². The van der Waals surface area contributed by atoms with Crippen molar-refractivity contribution in [2.45, 2.75) is 37.3 Å². The van der Waals surface area contributed by atoms with Crippen LogP contribution in [0.5, 0.6) is 0 Å². The molecule has 2 aromatic rings. The molecule has 0 unspecified atom stereocenters. The fourth-order valence-corrected chi connectivity index (χ4v) is 4.51. The first kappa shape index (κ1) is 21.4. The van der Waals surface area contributed by atoms with Crippen molar-refractivity contribution in [2.75, 3.05) is 0 Å². The number of halogens is 4. The number of benzene rings is 2. The molecule has 3 rings (SSSR count). The molecule has 4 nitrogen and oxygen atoms in total. The average Bonchev–Trinajstić information content (AvgIpc) is 3.17. The minimum atomic E-state index is -4.76. The zero-order valence-corrected chi connectivity index (χ0v) is 16.4. The van der Waals surface area contributed by atoms with E-state index in [4.69, 9.17) is 5.14 Å². The summed E-state index contributed by atoms with van der Waals surface area (Å²) in [6, 6.07) is 8.06. The van der Waals surface area contributed by atoms with Gasteiger partial charge in [0.1, 0.15) is 11.6 Å². The van der Waals surface area contributed by atoms with Gasteiger partial charge in [-0.25, -0.2) is 17.9 Å². The van der Waals surface area contributed by atoms with E-state index in [9.17, 15) is 30.8 Å². The lowest BCUT2D eigenvalue weighted by Crippen LogP contribution is -2.15. The van der Waals surface area contributed by atoms with Crippen LogP contribution in [0.4, 0.5) is 17.6 Å². The Balaban J connectivity index is 1.84. The van der Waals surface area contributed by atoms with Crippen LogP contribution < -0.4 is 5.14 Å². The van der Waals surface area contributed by atoms with Crippen LogP contribution in [0.1, 0.15) is 36.5 Å². The predicted octanol–water partition coefficient (Wildman–Crippen LogP) is 4.04. The molecule has 0 amide bonds. The van der Waals surface area contributed by atoms with Gasteiger partial charge in [-0.3, -0.25) is 4.79 Å². The van der Waals surface area contributed by atoms with Gasteiger partial charge in [-0.15, -0.1) is 0 Å². The van der Waals surface area contributed by atoms with E-state index in [1.165, 1.54) is 12.1 Å². The van der Waals surface area contributed by atoms with Gasteiger partial charge in [-0.1, -0.05) is 32.0 Å². The highest BCUT2D eigenvalue weighted by molar-refractivity contribution is 7.89. The van der Waals surface area contributed by atoms with E-state index in [0.29, 0.717) is 11.6 Å². The van der Waals surface area contributed by atoms with Crippen molar-refractivity contribution in [3.05, 3.63) is 65.0 Å². The number of sulfonamides is 1. The van der Waals surface area contributed by atoms with E-state index in [0.717, 1.165) is 12.1 Å². The molecule has 29 heavy (non-hydrogen) atoms. The second kappa shape index (κ2) is 6.91. The van der Waals surface area contributed by atoms with Crippen molar-refractivity contribution in [3.63, 3.8) is 0 Å². The monoisotopic (exact) mass is 429 g/mol. The fraction of sp³-hybridized carbons (Fsp3) is 0.350. The normalized spacial score (nSPS) is 21.1. The predicted molar refractivity (Wildman–Crippen MR) is 97.9 cm³/mol. The number of nitrogens with two attached hydrogens (primary N) is 1. The zero-order chi connectivity index (χ0) is 21.8. The molecule has 2 atom stereocenters. The molecule has 0 spiro atoms. The number of carbonyl (C=O) groups excluding carboxylic acids is 1. The Bertz CT molecular complexity index is 1060. The molecule has 1 aliphatic carbocycles. The smallest absolute Gasteiger partial charge is 0.299 e. The summed E-state index contributed by atoms with van der Waals surface area (Å²) in [5, 5.41) is 5.07. The molecule has 1 fully saturated rings. The first-order chi connectivity index (χ1) is 13.2.